The van der Waals surface area contributed by atoms with Crippen molar-refractivity contribution < 1.29 is 19.2 Å². The third kappa shape index (κ3) is 4.98. The maximum atomic E-state index is 13.4. The van der Waals surface area contributed by atoms with Gasteiger partial charge in [0.05, 0.1) is 11.3 Å². The summed E-state index contributed by atoms with van der Waals surface area (Å²) in [5.41, 5.74) is 0.193. The molecular formula is C27H39N5O4. The minimum Gasteiger partial charge on any atom is -0.355 e. The Morgan fingerprint density at radius 1 is 1.14 bits per heavy atom. The van der Waals surface area contributed by atoms with Crippen LogP contribution in [0.5, 0.6) is 0 Å². The minimum absolute atomic E-state index is 0.0267. The molecule has 3 aliphatic heterocycles. The Labute approximate surface area is 213 Å². The number of nitrogens with zero attached hydrogens (tertiary/aromatic N) is 4. The number of hydrogen-bond donors (Lipinski definition) is 1. The van der Waals surface area contributed by atoms with Crippen molar-refractivity contribution in [3.8, 4) is 0 Å². The van der Waals surface area contributed by atoms with Crippen LogP contribution < -0.4 is 10.2 Å². The number of hydrogen-bond acceptors (Lipinski definition) is 5. The van der Waals surface area contributed by atoms with Crippen LogP contribution >= 0.6 is 0 Å². The minimum atomic E-state index is -0.851. The molecular weight excluding hydrogens is 458 g/mol. The molecule has 2 saturated heterocycles. The molecule has 0 aliphatic carbocycles. The SMILES string of the molecule is CN(C)CC(C)(C)CNC(=O)C1CCN(C(=O)CN2C(=O)c3ccccc3N3C(=O)CCC23C)CC1. The molecule has 9 nitrogen and oxygen atoms in total. The predicted octanol–water partition coefficient (Wildman–Crippen LogP) is 1.93. The van der Waals surface area contributed by atoms with E-state index in [1.807, 2.05) is 27.1 Å². The average molecular weight is 498 g/mol. The summed E-state index contributed by atoms with van der Waals surface area (Å²) in [6.07, 6.45) is 2.04. The van der Waals surface area contributed by atoms with Crippen LogP contribution in [0.1, 0.15) is 56.8 Å². The van der Waals surface area contributed by atoms with Crippen LogP contribution in [0.4, 0.5) is 5.69 Å². The summed E-state index contributed by atoms with van der Waals surface area (Å²) in [5, 5.41) is 3.10. The fourth-order valence-corrected chi connectivity index (χ4v) is 5.95. The number of nitrogens with one attached hydrogen (secondary N) is 1. The third-order valence-corrected chi connectivity index (χ3v) is 7.74. The normalized spacial score (nSPS) is 22.7. The van der Waals surface area contributed by atoms with Gasteiger partial charge in [0.2, 0.25) is 17.7 Å². The van der Waals surface area contributed by atoms with Gasteiger partial charge < -0.3 is 20.0 Å². The molecule has 0 bridgehead atoms. The Balaban J connectivity index is 1.36. The van der Waals surface area contributed by atoms with Crippen molar-refractivity contribution in [2.75, 3.05) is 51.7 Å². The molecule has 4 rings (SSSR count). The van der Waals surface area contributed by atoms with Crippen molar-refractivity contribution in [1.29, 1.82) is 0 Å². The van der Waals surface area contributed by atoms with Crippen LogP contribution in [0.15, 0.2) is 24.3 Å². The van der Waals surface area contributed by atoms with Gasteiger partial charge in [-0.1, -0.05) is 26.0 Å². The second kappa shape index (κ2) is 9.84. The molecule has 196 valence electrons. The van der Waals surface area contributed by atoms with Crippen LogP contribution in [0, 0.1) is 11.3 Å². The molecule has 3 aliphatic rings. The van der Waals surface area contributed by atoms with Gasteiger partial charge in [-0.3, -0.25) is 24.1 Å². The summed E-state index contributed by atoms with van der Waals surface area (Å²) >= 11 is 0. The highest BCUT2D eigenvalue weighted by Gasteiger charge is 2.53. The Morgan fingerprint density at radius 2 is 1.81 bits per heavy atom. The van der Waals surface area contributed by atoms with E-state index in [-0.39, 0.29) is 41.5 Å². The average Bonchev–Trinajstić information content (AvgIpc) is 3.14. The molecule has 0 spiro atoms. The van der Waals surface area contributed by atoms with E-state index < -0.39 is 5.66 Å². The number of anilines is 1. The van der Waals surface area contributed by atoms with Gasteiger partial charge in [0.15, 0.2) is 0 Å². The lowest BCUT2D eigenvalue weighted by molar-refractivity contribution is -0.137. The predicted molar refractivity (Wildman–Crippen MR) is 137 cm³/mol. The zero-order chi connectivity index (χ0) is 26.3. The van der Waals surface area contributed by atoms with Crippen molar-refractivity contribution in [3.63, 3.8) is 0 Å². The molecule has 1 atom stereocenters. The van der Waals surface area contributed by atoms with Crippen molar-refractivity contribution in [2.24, 2.45) is 11.3 Å². The number of para-hydroxylation sites is 1. The molecule has 1 aromatic rings. The number of carbonyl (C=O) groups is 4. The van der Waals surface area contributed by atoms with Crippen LogP contribution in [-0.4, -0.2) is 90.8 Å². The zero-order valence-corrected chi connectivity index (χ0v) is 22.2. The number of fused-ring (bicyclic) bond motifs is 3. The number of rotatable bonds is 7. The molecule has 1 aromatic carbocycles. The first-order valence-electron chi connectivity index (χ1n) is 12.9. The quantitative estimate of drug-likeness (QED) is 0.621. The number of amides is 4. The molecule has 1 N–H and O–H groups in total. The number of carbonyl (C=O) groups excluding carboxylic acids is 4. The largest absolute Gasteiger partial charge is 0.355 e. The van der Waals surface area contributed by atoms with Crippen LogP contribution in [0.3, 0.4) is 0 Å². The van der Waals surface area contributed by atoms with Crippen LogP contribution in [0.2, 0.25) is 0 Å². The fourth-order valence-electron chi connectivity index (χ4n) is 5.95. The van der Waals surface area contributed by atoms with E-state index in [1.54, 1.807) is 32.9 Å². The van der Waals surface area contributed by atoms with Crippen molar-refractivity contribution >= 4 is 29.3 Å². The Morgan fingerprint density at radius 3 is 2.47 bits per heavy atom. The van der Waals surface area contributed by atoms with Gasteiger partial charge in [0.1, 0.15) is 12.2 Å². The molecule has 3 heterocycles. The molecule has 2 fully saturated rings. The van der Waals surface area contributed by atoms with Crippen molar-refractivity contribution in [2.45, 2.75) is 52.1 Å². The van der Waals surface area contributed by atoms with Crippen molar-refractivity contribution in [3.05, 3.63) is 29.8 Å². The third-order valence-electron chi connectivity index (χ3n) is 7.74. The van der Waals surface area contributed by atoms with E-state index in [0.717, 1.165) is 6.54 Å². The second-order valence-electron chi connectivity index (χ2n) is 11.6. The topological polar surface area (TPSA) is 93.3 Å². The van der Waals surface area contributed by atoms with Gasteiger partial charge in [-0.25, -0.2) is 0 Å². The van der Waals surface area contributed by atoms with Gasteiger partial charge in [-0.05, 0) is 57.8 Å². The summed E-state index contributed by atoms with van der Waals surface area (Å²) in [6.45, 7) is 8.50. The van der Waals surface area contributed by atoms with Crippen molar-refractivity contribution in [1.82, 2.24) is 20.0 Å². The summed E-state index contributed by atoms with van der Waals surface area (Å²) in [7, 11) is 4.05. The highest BCUT2D eigenvalue weighted by atomic mass is 16.2. The molecule has 1 unspecified atom stereocenters. The number of piperidine rings is 1. The zero-order valence-electron chi connectivity index (χ0n) is 22.2. The van der Waals surface area contributed by atoms with Gasteiger partial charge in [0.25, 0.3) is 5.91 Å². The molecule has 0 radical (unpaired) electrons. The van der Waals surface area contributed by atoms with Gasteiger partial charge in [-0.15, -0.1) is 0 Å². The summed E-state index contributed by atoms with van der Waals surface area (Å²) in [4.78, 5) is 59.3. The summed E-state index contributed by atoms with van der Waals surface area (Å²) in [5.74, 6) is -0.468. The van der Waals surface area contributed by atoms with E-state index in [0.29, 0.717) is 56.6 Å². The first-order chi connectivity index (χ1) is 16.9. The highest BCUT2D eigenvalue weighted by molar-refractivity contribution is 6.11. The van der Waals surface area contributed by atoms with Gasteiger partial charge in [-0.2, -0.15) is 0 Å². The van der Waals surface area contributed by atoms with Gasteiger partial charge in [0, 0.05) is 38.5 Å². The first-order valence-corrected chi connectivity index (χ1v) is 12.9. The monoisotopic (exact) mass is 497 g/mol. The van der Waals surface area contributed by atoms with E-state index in [2.05, 4.69) is 24.1 Å². The number of benzene rings is 1. The lowest BCUT2D eigenvalue weighted by Crippen LogP contribution is -2.64. The summed E-state index contributed by atoms with van der Waals surface area (Å²) < 4.78 is 0. The van der Waals surface area contributed by atoms with E-state index in [9.17, 15) is 19.2 Å². The molecule has 9 heteroatoms. The molecule has 0 aromatic heterocycles. The smallest absolute Gasteiger partial charge is 0.258 e. The Bertz CT molecular complexity index is 1050. The lowest BCUT2D eigenvalue weighted by atomic mass is 9.91. The lowest BCUT2D eigenvalue weighted by Gasteiger charge is -2.48. The standard InChI is InChI=1S/C27H39N5O4/c1-26(2,18-29(4)5)17-28-24(35)19-11-14-30(15-12-19)23(34)16-31-25(36)20-8-6-7-9-21(20)32-22(33)10-13-27(31,32)3/h6-9,19H,10-18H2,1-5H3,(H,28,35). The molecule has 0 saturated carbocycles. The van der Waals surface area contributed by atoms with E-state index in [1.165, 1.54) is 0 Å². The fraction of sp³-hybridized carbons (Fsp3) is 0.630. The molecule has 4 amide bonds. The first kappa shape index (κ1) is 26.1. The van der Waals surface area contributed by atoms with Gasteiger partial charge >= 0.3 is 0 Å². The van der Waals surface area contributed by atoms with E-state index in [4.69, 9.17) is 0 Å². The Kier molecular flexibility index (Phi) is 7.14. The maximum Gasteiger partial charge on any atom is 0.258 e. The van der Waals surface area contributed by atoms with E-state index >= 15 is 0 Å². The second-order valence-corrected chi connectivity index (χ2v) is 11.6. The highest BCUT2D eigenvalue weighted by Crippen LogP contribution is 2.43. The maximum absolute atomic E-state index is 13.4. The summed E-state index contributed by atoms with van der Waals surface area (Å²) in [6, 6.07) is 7.11. The molecule has 36 heavy (non-hydrogen) atoms. The van der Waals surface area contributed by atoms with Crippen LogP contribution in [0.25, 0.3) is 0 Å². The Hall–Kier alpha value is -2.94. The number of likely N-dealkylation sites (tertiary alicyclic amines) is 1. The van der Waals surface area contributed by atoms with Crippen LogP contribution in [-0.2, 0) is 14.4 Å².